The van der Waals surface area contributed by atoms with Gasteiger partial charge in [0.2, 0.25) is 5.91 Å². The van der Waals surface area contributed by atoms with Crippen LogP contribution in [0.2, 0.25) is 0 Å². The molecule has 2 atom stereocenters. The predicted octanol–water partition coefficient (Wildman–Crippen LogP) is -1.99. The van der Waals surface area contributed by atoms with Crippen molar-refractivity contribution < 1.29 is 20.2 Å². The van der Waals surface area contributed by atoms with Crippen LogP contribution in [0.3, 0.4) is 0 Å². The Bertz CT molecular complexity index is 185. The Kier molecular flexibility index (Phi) is 7.58. The van der Waals surface area contributed by atoms with Crippen LogP contribution < -0.4 is 11.1 Å². The minimum Gasteiger partial charge on any atom is -0.480 e. The molecule has 0 heterocycles. The summed E-state index contributed by atoms with van der Waals surface area (Å²) in [5.41, 5.74) is 5.21. The largest absolute Gasteiger partial charge is 0.480 e. The fourth-order valence-electron chi connectivity index (χ4n) is 0.489. The zero-order chi connectivity index (χ0) is 9.72. The van der Waals surface area contributed by atoms with E-state index < -0.39 is 24.0 Å². The van der Waals surface area contributed by atoms with Crippen LogP contribution >= 0.6 is 12.6 Å². The van der Waals surface area contributed by atoms with Gasteiger partial charge in [0.05, 0.1) is 6.04 Å². The molecule has 0 aromatic heterocycles. The number of rotatable bonds is 4. The van der Waals surface area contributed by atoms with Gasteiger partial charge in [-0.3, -0.25) is 4.79 Å². The molecule has 0 aromatic rings. The topological polar surface area (TPSA) is 124 Å². The van der Waals surface area contributed by atoms with E-state index in [0.29, 0.717) is 0 Å². The van der Waals surface area contributed by atoms with Gasteiger partial charge in [-0.1, -0.05) is 0 Å². The Balaban J connectivity index is 0. The van der Waals surface area contributed by atoms with Crippen LogP contribution in [0.4, 0.5) is 0 Å². The number of carboxylic acid groups (broad SMARTS) is 1. The van der Waals surface area contributed by atoms with Crippen molar-refractivity contribution in [3.63, 3.8) is 0 Å². The zero-order valence-corrected chi connectivity index (χ0v) is 8.04. The third-order valence-corrected chi connectivity index (χ3v) is 1.58. The number of nitrogens with one attached hydrogen (secondary N) is 1. The van der Waals surface area contributed by atoms with Crippen LogP contribution in [0.1, 0.15) is 6.92 Å². The van der Waals surface area contributed by atoms with Crippen LogP contribution in [0.5, 0.6) is 0 Å². The smallest absolute Gasteiger partial charge is 0.327 e. The lowest BCUT2D eigenvalue weighted by molar-refractivity contribution is -0.141. The molecular formula is C6H14N2O4S. The maximum atomic E-state index is 10.9. The lowest BCUT2D eigenvalue weighted by atomic mass is 10.3. The highest BCUT2D eigenvalue weighted by Gasteiger charge is 2.19. The maximum Gasteiger partial charge on any atom is 0.327 e. The van der Waals surface area contributed by atoms with Gasteiger partial charge in [-0.2, -0.15) is 12.6 Å². The number of amides is 1. The van der Waals surface area contributed by atoms with E-state index in [1.807, 2.05) is 0 Å². The first-order valence-corrected chi connectivity index (χ1v) is 4.02. The summed E-state index contributed by atoms with van der Waals surface area (Å²) in [5, 5.41) is 10.7. The summed E-state index contributed by atoms with van der Waals surface area (Å²) in [6.07, 6.45) is 0. The van der Waals surface area contributed by atoms with E-state index in [0.717, 1.165) is 0 Å². The first kappa shape index (κ1) is 14.7. The van der Waals surface area contributed by atoms with Crippen LogP contribution in [0.25, 0.3) is 0 Å². The van der Waals surface area contributed by atoms with Gasteiger partial charge in [-0.05, 0) is 6.92 Å². The van der Waals surface area contributed by atoms with Crippen molar-refractivity contribution >= 4 is 24.5 Å². The summed E-state index contributed by atoms with van der Waals surface area (Å²) >= 11 is 3.76. The normalized spacial score (nSPS) is 13.8. The van der Waals surface area contributed by atoms with Crippen LogP contribution in [0, 0.1) is 0 Å². The first-order chi connectivity index (χ1) is 5.49. The molecule has 0 spiro atoms. The molecule has 7 heteroatoms. The molecule has 0 fully saturated rings. The summed E-state index contributed by atoms with van der Waals surface area (Å²) in [7, 11) is 0. The second-order valence-corrected chi connectivity index (χ2v) is 2.74. The monoisotopic (exact) mass is 210 g/mol. The summed E-state index contributed by atoms with van der Waals surface area (Å²) in [6.45, 7) is 1.48. The minimum atomic E-state index is -1.11. The van der Waals surface area contributed by atoms with Crippen molar-refractivity contribution in [1.29, 1.82) is 0 Å². The Morgan fingerprint density at radius 3 is 2.31 bits per heavy atom. The zero-order valence-electron chi connectivity index (χ0n) is 7.15. The molecule has 0 aliphatic rings. The average molecular weight is 210 g/mol. The van der Waals surface area contributed by atoms with E-state index in [-0.39, 0.29) is 11.2 Å². The molecule has 6 nitrogen and oxygen atoms in total. The molecule has 0 aliphatic heterocycles. The maximum absolute atomic E-state index is 10.9. The Hall–Kier alpha value is -0.790. The van der Waals surface area contributed by atoms with E-state index in [1.165, 1.54) is 6.92 Å². The molecule has 1 amide bonds. The average Bonchev–Trinajstić information content (AvgIpc) is 1.98. The molecule has 0 saturated heterocycles. The third kappa shape index (κ3) is 5.45. The number of hydrogen-bond acceptors (Lipinski definition) is 4. The highest BCUT2D eigenvalue weighted by molar-refractivity contribution is 7.80. The molecule has 0 aliphatic carbocycles. The van der Waals surface area contributed by atoms with Crippen molar-refractivity contribution in [2.75, 3.05) is 5.75 Å². The highest BCUT2D eigenvalue weighted by Crippen LogP contribution is 1.89. The Morgan fingerprint density at radius 2 is 2.08 bits per heavy atom. The summed E-state index contributed by atoms with van der Waals surface area (Å²) < 4.78 is 0. The molecule has 0 bridgehead atoms. The quantitative estimate of drug-likeness (QED) is 0.401. The molecule has 13 heavy (non-hydrogen) atoms. The second kappa shape index (κ2) is 6.70. The van der Waals surface area contributed by atoms with E-state index in [1.54, 1.807) is 0 Å². The van der Waals surface area contributed by atoms with Gasteiger partial charge in [-0.25, -0.2) is 4.79 Å². The van der Waals surface area contributed by atoms with Crippen molar-refractivity contribution in [3.8, 4) is 0 Å². The first-order valence-electron chi connectivity index (χ1n) is 3.38. The van der Waals surface area contributed by atoms with Crippen molar-refractivity contribution in [2.24, 2.45) is 5.73 Å². The Morgan fingerprint density at radius 1 is 1.62 bits per heavy atom. The number of thiol groups is 1. The molecule has 0 rings (SSSR count). The number of carbonyl (C=O) groups excluding carboxylic acids is 1. The number of nitrogens with two attached hydrogens (primary N) is 1. The molecule has 0 saturated carbocycles. The van der Waals surface area contributed by atoms with Crippen molar-refractivity contribution in [2.45, 2.75) is 19.0 Å². The number of carbonyl (C=O) groups is 2. The summed E-state index contributed by atoms with van der Waals surface area (Å²) in [4.78, 5) is 21.3. The molecule has 0 aromatic carbocycles. The van der Waals surface area contributed by atoms with Gasteiger partial charge in [0, 0.05) is 5.75 Å². The van der Waals surface area contributed by atoms with Gasteiger partial charge < -0.3 is 21.6 Å². The predicted molar refractivity (Wildman–Crippen MR) is 50.7 cm³/mol. The Labute approximate surface area is 81.2 Å². The highest BCUT2D eigenvalue weighted by atomic mass is 32.1. The SMILES string of the molecule is C[C@H](N)C(=O)N[C@@H](CS)C(=O)O.O. The summed E-state index contributed by atoms with van der Waals surface area (Å²) in [6, 6.07) is -1.67. The van der Waals surface area contributed by atoms with Gasteiger partial charge >= 0.3 is 5.97 Å². The second-order valence-electron chi connectivity index (χ2n) is 2.37. The molecular weight excluding hydrogens is 196 g/mol. The molecule has 6 N–H and O–H groups in total. The van der Waals surface area contributed by atoms with Crippen LogP contribution in [-0.4, -0.2) is 40.3 Å². The molecule has 0 unspecified atom stereocenters. The number of carboxylic acids is 1. The lowest BCUT2D eigenvalue weighted by Gasteiger charge is -2.13. The third-order valence-electron chi connectivity index (χ3n) is 1.21. The fourth-order valence-corrected chi connectivity index (χ4v) is 0.736. The van der Waals surface area contributed by atoms with E-state index >= 15 is 0 Å². The van der Waals surface area contributed by atoms with Crippen molar-refractivity contribution in [3.05, 3.63) is 0 Å². The van der Waals surface area contributed by atoms with Gasteiger partial charge in [0.25, 0.3) is 0 Å². The fraction of sp³-hybridized carbons (Fsp3) is 0.667. The van der Waals surface area contributed by atoms with Crippen LogP contribution in [-0.2, 0) is 9.59 Å². The molecule has 78 valence electrons. The number of aliphatic carboxylic acids is 1. The van der Waals surface area contributed by atoms with Gasteiger partial charge in [-0.15, -0.1) is 0 Å². The van der Waals surface area contributed by atoms with Gasteiger partial charge in [0.15, 0.2) is 0 Å². The van der Waals surface area contributed by atoms with Gasteiger partial charge in [0.1, 0.15) is 6.04 Å². The lowest BCUT2D eigenvalue weighted by Crippen LogP contribution is -2.48. The summed E-state index contributed by atoms with van der Waals surface area (Å²) in [5.74, 6) is -1.55. The van der Waals surface area contributed by atoms with E-state index in [2.05, 4.69) is 17.9 Å². The van der Waals surface area contributed by atoms with E-state index in [9.17, 15) is 9.59 Å². The van der Waals surface area contributed by atoms with E-state index in [4.69, 9.17) is 10.8 Å². The number of hydrogen-bond donors (Lipinski definition) is 4. The standard InChI is InChI=1S/C6H12N2O3S.H2O/c1-3(7)5(9)8-4(2-12)6(10)11;/h3-4,12H,2,7H2,1H3,(H,8,9)(H,10,11);1H2/t3-,4-;/m0./s1. The molecule has 0 radical (unpaired) electrons. The van der Waals surface area contributed by atoms with Crippen LogP contribution in [0.15, 0.2) is 0 Å². The minimum absolute atomic E-state index is 0. The van der Waals surface area contributed by atoms with Crippen molar-refractivity contribution in [1.82, 2.24) is 5.32 Å².